The zero-order valence-corrected chi connectivity index (χ0v) is 9.91. The monoisotopic (exact) mass is 245 g/mol. The number of amides is 1. The summed E-state index contributed by atoms with van der Waals surface area (Å²) in [4.78, 5) is 15.7. The normalized spacial score (nSPS) is 10.3. The predicted molar refractivity (Wildman–Crippen MR) is 67.6 cm³/mol. The van der Waals surface area contributed by atoms with E-state index in [2.05, 4.69) is 10.3 Å². The zero-order valence-electron chi connectivity index (χ0n) is 9.91. The van der Waals surface area contributed by atoms with E-state index < -0.39 is 0 Å². The van der Waals surface area contributed by atoms with Crippen LogP contribution in [0.25, 0.3) is 5.69 Å². The van der Waals surface area contributed by atoms with Gasteiger partial charge in [-0.1, -0.05) is 0 Å². The van der Waals surface area contributed by atoms with Crippen molar-refractivity contribution in [3.05, 3.63) is 48.5 Å². The lowest BCUT2D eigenvalue weighted by Gasteiger charge is -2.06. The van der Waals surface area contributed by atoms with Gasteiger partial charge in [0, 0.05) is 36.8 Å². The first-order valence-corrected chi connectivity index (χ1v) is 5.79. The first-order valence-electron chi connectivity index (χ1n) is 5.79. The van der Waals surface area contributed by atoms with Crippen LogP contribution in [0, 0.1) is 0 Å². The molecule has 0 fully saturated rings. The van der Waals surface area contributed by atoms with Crippen LogP contribution < -0.4 is 5.32 Å². The minimum atomic E-state index is -0.124. The summed E-state index contributed by atoms with van der Waals surface area (Å²) in [7, 11) is 0. The number of aromatic nitrogens is 2. The fraction of sp³-hybridized carbons (Fsp3) is 0.231. The molecule has 0 aliphatic rings. The van der Waals surface area contributed by atoms with Crippen molar-refractivity contribution in [2.45, 2.75) is 6.42 Å². The first-order chi connectivity index (χ1) is 8.81. The molecule has 5 nitrogen and oxygen atoms in total. The maximum Gasteiger partial charge on any atom is 0.251 e. The number of hydrogen-bond acceptors (Lipinski definition) is 3. The molecule has 1 heterocycles. The molecule has 1 amide bonds. The number of benzene rings is 1. The van der Waals surface area contributed by atoms with E-state index in [1.54, 1.807) is 24.7 Å². The molecule has 0 radical (unpaired) electrons. The first kappa shape index (κ1) is 12.3. The Balaban J connectivity index is 2.01. The molecule has 1 aromatic heterocycles. The number of aliphatic hydroxyl groups is 1. The van der Waals surface area contributed by atoms with E-state index in [-0.39, 0.29) is 12.5 Å². The number of rotatable bonds is 5. The Labute approximate surface area is 105 Å². The fourth-order valence-electron chi connectivity index (χ4n) is 1.58. The van der Waals surface area contributed by atoms with Gasteiger partial charge in [-0.3, -0.25) is 4.79 Å². The van der Waals surface area contributed by atoms with Gasteiger partial charge in [0.2, 0.25) is 0 Å². The quantitative estimate of drug-likeness (QED) is 0.772. The maximum absolute atomic E-state index is 11.7. The average molecular weight is 245 g/mol. The lowest BCUT2D eigenvalue weighted by atomic mass is 10.2. The number of nitrogens with one attached hydrogen (secondary N) is 1. The van der Waals surface area contributed by atoms with Gasteiger partial charge in [-0.15, -0.1) is 0 Å². The Morgan fingerprint density at radius 2 is 2.11 bits per heavy atom. The van der Waals surface area contributed by atoms with Crippen LogP contribution in [0.5, 0.6) is 0 Å². The molecule has 0 unspecified atom stereocenters. The number of hydrogen-bond donors (Lipinski definition) is 2. The van der Waals surface area contributed by atoms with Crippen molar-refractivity contribution >= 4 is 5.91 Å². The van der Waals surface area contributed by atoms with Crippen LogP contribution in [0.4, 0.5) is 0 Å². The molecule has 94 valence electrons. The molecule has 2 aromatic rings. The number of carbonyl (C=O) groups excluding carboxylic acids is 1. The number of carbonyl (C=O) groups is 1. The van der Waals surface area contributed by atoms with Gasteiger partial charge in [-0.25, -0.2) is 4.98 Å². The zero-order chi connectivity index (χ0) is 12.8. The summed E-state index contributed by atoms with van der Waals surface area (Å²) in [5, 5.41) is 11.4. The Morgan fingerprint density at radius 3 is 2.72 bits per heavy atom. The van der Waals surface area contributed by atoms with Gasteiger partial charge in [0.05, 0.1) is 6.33 Å². The smallest absolute Gasteiger partial charge is 0.251 e. The van der Waals surface area contributed by atoms with E-state index >= 15 is 0 Å². The summed E-state index contributed by atoms with van der Waals surface area (Å²) >= 11 is 0. The number of imidazole rings is 1. The summed E-state index contributed by atoms with van der Waals surface area (Å²) in [6, 6.07) is 7.26. The van der Waals surface area contributed by atoms with Crippen molar-refractivity contribution in [1.29, 1.82) is 0 Å². The molecule has 0 spiro atoms. The van der Waals surface area contributed by atoms with Gasteiger partial charge in [0.1, 0.15) is 0 Å². The van der Waals surface area contributed by atoms with Crippen molar-refractivity contribution < 1.29 is 9.90 Å². The van der Waals surface area contributed by atoms with E-state index in [9.17, 15) is 4.79 Å². The molecule has 0 aliphatic carbocycles. The van der Waals surface area contributed by atoms with E-state index in [1.807, 2.05) is 22.9 Å². The van der Waals surface area contributed by atoms with Crippen LogP contribution in [0.3, 0.4) is 0 Å². The second-order valence-electron chi connectivity index (χ2n) is 3.85. The van der Waals surface area contributed by atoms with Gasteiger partial charge in [0.25, 0.3) is 5.91 Å². The molecule has 0 atom stereocenters. The molecule has 2 rings (SSSR count). The van der Waals surface area contributed by atoms with Gasteiger partial charge in [-0.2, -0.15) is 0 Å². The summed E-state index contributed by atoms with van der Waals surface area (Å²) < 4.78 is 1.87. The van der Waals surface area contributed by atoms with Gasteiger partial charge < -0.3 is 15.0 Å². The van der Waals surface area contributed by atoms with Crippen LogP contribution in [-0.4, -0.2) is 33.7 Å². The Kier molecular flexibility index (Phi) is 4.09. The second-order valence-corrected chi connectivity index (χ2v) is 3.85. The van der Waals surface area contributed by atoms with E-state index in [0.29, 0.717) is 18.5 Å². The molecule has 2 N–H and O–H groups in total. The summed E-state index contributed by atoms with van der Waals surface area (Å²) in [6.45, 7) is 0.568. The fourth-order valence-corrected chi connectivity index (χ4v) is 1.58. The number of aliphatic hydroxyl groups excluding tert-OH is 1. The van der Waals surface area contributed by atoms with E-state index in [0.717, 1.165) is 5.69 Å². The van der Waals surface area contributed by atoms with Gasteiger partial charge in [0.15, 0.2) is 0 Å². The molecule has 0 saturated carbocycles. The third-order valence-electron chi connectivity index (χ3n) is 2.55. The van der Waals surface area contributed by atoms with Crippen LogP contribution in [-0.2, 0) is 0 Å². The van der Waals surface area contributed by atoms with Crippen molar-refractivity contribution in [3.8, 4) is 5.69 Å². The minimum Gasteiger partial charge on any atom is -0.396 e. The largest absolute Gasteiger partial charge is 0.396 e. The number of nitrogens with zero attached hydrogens (tertiary/aromatic N) is 2. The summed E-state index contributed by atoms with van der Waals surface area (Å²) in [5.74, 6) is -0.124. The standard InChI is InChI=1S/C13H15N3O2/c17-9-1-6-15-13(18)11-2-4-12(5-3-11)16-8-7-14-10-16/h2-5,7-8,10,17H,1,6,9H2,(H,15,18). The third kappa shape index (κ3) is 2.95. The Hall–Kier alpha value is -2.14. The van der Waals surface area contributed by atoms with Crippen LogP contribution in [0.15, 0.2) is 43.0 Å². The SMILES string of the molecule is O=C(NCCCO)c1ccc(-n2ccnc2)cc1. The minimum absolute atomic E-state index is 0.0832. The van der Waals surface area contributed by atoms with Crippen LogP contribution >= 0.6 is 0 Å². The van der Waals surface area contributed by atoms with Crippen molar-refractivity contribution in [2.75, 3.05) is 13.2 Å². The van der Waals surface area contributed by atoms with Crippen LogP contribution in [0.1, 0.15) is 16.8 Å². The molecule has 5 heteroatoms. The second kappa shape index (κ2) is 5.97. The van der Waals surface area contributed by atoms with E-state index in [4.69, 9.17) is 5.11 Å². The molecule has 1 aromatic carbocycles. The van der Waals surface area contributed by atoms with Gasteiger partial charge in [-0.05, 0) is 30.7 Å². The summed E-state index contributed by atoms with van der Waals surface area (Å²) in [5.41, 5.74) is 1.57. The highest BCUT2D eigenvalue weighted by molar-refractivity contribution is 5.94. The Morgan fingerprint density at radius 1 is 1.33 bits per heavy atom. The Bertz CT molecular complexity index is 491. The highest BCUT2D eigenvalue weighted by Gasteiger charge is 2.04. The van der Waals surface area contributed by atoms with Crippen molar-refractivity contribution in [3.63, 3.8) is 0 Å². The molecule has 18 heavy (non-hydrogen) atoms. The molecular formula is C13H15N3O2. The average Bonchev–Trinajstić information content (AvgIpc) is 2.93. The third-order valence-corrected chi connectivity index (χ3v) is 2.55. The highest BCUT2D eigenvalue weighted by Crippen LogP contribution is 2.09. The predicted octanol–water partition coefficient (Wildman–Crippen LogP) is 0.984. The lowest BCUT2D eigenvalue weighted by Crippen LogP contribution is -2.24. The maximum atomic E-state index is 11.7. The topological polar surface area (TPSA) is 67.2 Å². The van der Waals surface area contributed by atoms with Crippen molar-refractivity contribution in [1.82, 2.24) is 14.9 Å². The molecule has 0 aliphatic heterocycles. The van der Waals surface area contributed by atoms with E-state index in [1.165, 1.54) is 0 Å². The molecular weight excluding hydrogens is 230 g/mol. The lowest BCUT2D eigenvalue weighted by molar-refractivity contribution is 0.0951. The molecule has 0 saturated heterocycles. The summed E-state index contributed by atoms with van der Waals surface area (Å²) in [6.07, 6.45) is 5.82. The van der Waals surface area contributed by atoms with Crippen LogP contribution in [0.2, 0.25) is 0 Å². The highest BCUT2D eigenvalue weighted by atomic mass is 16.3. The van der Waals surface area contributed by atoms with Crippen molar-refractivity contribution in [2.24, 2.45) is 0 Å². The van der Waals surface area contributed by atoms with Gasteiger partial charge >= 0.3 is 0 Å². The molecule has 0 bridgehead atoms.